The summed E-state index contributed by atoms with van der Waals surface area (Å²) in [4.78, 5) is 19.4. The third-order valence-electron chi connectivity index (χ3n) is 5.62. The van der Waals surface area contributed by atoms with E-state index in [4.69, 9.17) is 15.5 Å². The third kappa shape index (κ3) is 4.13. The van der Waals surface area contributed by atoms with Gasteiger partial charge in [-0.1, -0.05) is 24.3 Å². The molecule has 8 heteroatoms. The molecule has 1 aliphatic rings. The minimum atomic E-state index is 0.183. The topological polar surface area (TPSA) is 92.9 Å². The van der Waals surface area contributed by atoms with Crippen molar-refractivity contribution >= 4 is 32.7 Å². The first-order valence-corrected chi connectivity index (χ1v) is 11.2. The Bertz CT molecular complexity index is 1170. The number of hydrogen-bond donors (Lipinski definition) is 2. The predicted octanol–water partition coefficient (Wildman–Crippen LogP) is 4.29. The lowest BCUT2D eigenvalue weighted by molar-refractivity contribution is 0.170. The summed E-state index contributed by atoms with van der Waals surface area (Å²) >= 11 is 3.65. The molecule has 3 N–H and O–H groups in total. The zero-order chi connectivity index (χ0) is 21.2. The van der Waals surface area contributed by atoms with E-state index >= 15 is 0 Å². The Kier molecular flexibility index (Phi) is 5.57. The Balaban J connectivity index is 1.38. The van der Waals surface area contributed by atoms with Crippen LogP contribution >= 0.6 is 15.9 Å². The number of H-pyrrole nitrogens is 1. The number of anilines is 1. The maximum Gasteiger partial charge on any atom is 0.138 e. The van der Waals surface area contributed by atoms with Crippen LogP contribution in [-0.4, -0.2) is 39.1 Å². The molecule has 0 saturated carbocycles. The van der Waals surface area contributed by atoms with Crippen LogP contribution in [-0.2, 0) is 6.54 Å². The van der Waals surface area contributed by atoms with Gasteiger partial charge in [-0.2, -0.15) is 0 Å². The van der Waals surface area contributed by atoms with Gasteiger partial charge in [-0.25, -0.2) is 9.97 Å². The number of imidazole rings is 1. The number of pyridine rings is 2. The largest absolute Gasteiger partial charge is 0.489 e. The molecular formula is C23H23BrN6O. The number of fused-ring (bicyclic) bond motifs is 1. The zero-order valence-corrected chi connectivity index (χ0v) is 18.5. The maximum atomic E-state index is 6.09. The van der Waals surface area contributed by atoms with Crippen molar-refractivity contribution in [2.75, 3.05) is 18.0 Å². The van der Waals surface area contributed by atoms with Gasteiger partial charge in [-0.15, -0.1) is 0 Å². The Morgan fingerprint density at radius 1 is 1.13 bits per heavy atom. The molecule has 4 aromatic rings. The fourth-order valence-corrected chi connectivity index (χ4v) is 4.50. The van der Waals surface area contributed by atoms with Gasteiger partial charge in [0, 0.05) is 44.2 Å². The summed E-state index contributed by atoms with van der Waals surface area (Å²) in [5, 5.41) is 0. The van der Waals surface area contributed by atoms with Crippen LogP contribution in [0.4, 0.5) is 5.69 Å². The van der Waals surface area contributed by atoms with Gasteiger partial charge in [0.25, 0.3) is 0 Å². The van der Waals surface area contributed by atoms with Crippen molar-refractivity contribution in [1.82, 2.24) is 19.9 Å². The molecular weight excluding hydrogens is 456 g/mol. The van der Waals surface area contributed by atoms with Crippen LogP contribution in [0.5, 0.6) is 5.75 Å². The minimum absolute atomic E-state index is 0.183. The number of rotatable bonds is 5. The van der Waals surface area contributed by atoms with Gasteiger partial charge in [0.1, 0.15) is 27.8 Å². The van der Waals surface area contributed by atoms with Gasteiger partial charge in [0.15, 0.2) is 0 Å². The summed E-state index contributed by atoms with van der Waals surface area (Å²) in [5.41, 5.74) is 10.7. The van der Waals surface area contributed by atoms with Crippen molar-refractivity contribution < 1.29 is 4.74 Å². The number of benzene rings is 1. The molecule has 1 saturated heterocycles. The number of hydrogen-bond acceptors (Lipinski definition) is 6. The summed E-state index contributed by atoms with van der Waals surface area (Å²) < 4.78 is 6.90. The molecule has 0 aliphatic carbocycles. The highest BCUT2D eigenvalue weighted by molar-refractivity contribution is 9.10. The van der Waals surface area contributed by atoms with E-state index in [9.17, 15) is 0 Å². The maximum absolute atomic E-state index is 6.09. The van der Waals surface area contributed by atoms with Crippen molar-refractivity contribution in [1.29, 1.82) is 0 Å². The quantitative estimate of drug-likeness (QED) is 0.415. The van der Waals surface area contributed by atoms with E-state index in [0.717, 1.165) is 70.0 Å². The summed E-state index contributed by atoms with van der Waals surface area (Å²) in [7, 11) is 0. The van der Waals surface area contributed by atoms with Crippen molar-refractivity contribution in [2.45, 2.75) is 25.5 Å². The van der Waals surface area contributed by atoms with Crippen molar-refractivity contribution in [3.05, 3.63) is 65.2 Å². The Hall–Kier alpha value is -2.97. The van der Waals surface area contributed by atoms with Gasteiger partial charge < -0.3 is 20.4 Å². The molecule has 5 rings (SSSR count). The standard InChI is InChI=1S/C23H23BrN6O/c24-22-21(30-10-7-17(8-11-30)31-18-2-1-9-26-13-18)20-19(14-27-22)28-23(29-20)16-5-3-15(12-25)4-6-16/h1-6,9,13-14,17H,7-8,10-12,25H2,(H,28,29). The van der Waals surface area contributed by atoms with Crippen molar-refractivity contribution in [3.63, 3.8) is 0 Å². The first-order valence-electron chi connectivity index (χ1n) is 10.4. The molecule has 0 atom stereocenters. The molecule has 31 heavy (non-hydrogen) atoms. The first kappa shape index (κ1) is 20.0. The lowest BCUT2D eigenvalue weighted by Crippen LogP contribution is -2.38. The highest BCUT2D eigenvalue weighted by Gasteiger charge is 2.25. The molecule has 0 amide bonds. The lowest BCUT2D eigenvalue weighted by atomic mass is 10.1. The molecule has 158 valence electrons. The van der Waals surface area contributed by atoms with Crippen LogP contribution in [0.25, 0.3) is 22.4 Å². The van der Waals surface area contributed by atoms with E-state index in [1.807, 2.05) is 42.6 Å². The number of nitrogens with zero attached hydrogens (tertiary/aromatic N) is 4. The van der Waals surface area contributed by atoms with E-state index in [0.29, 0.717) is 6.54 Å². The van der Waals surface area contributed by atoms with Gasteiger partial charge >= 0.3 is 0 Å². The second-order valence-electron chi connectivity index (χ2n) is 7.64. The van der Waals surface area contributed by atoms with Crippen molar-refractivity contribution in [2.24, 2.45) is 5.73 Å². The fraction of sp³-hybridized carbons (Fsp3) is 0.261. The van der Waals surface area contributed by atoms with Crippen LogP contribution in [0, 0.1) is 0 Å². The summed E-state index contributed by atoms with van der Waals surface area (Å²) in [6.07, 6.45) is 7.38. The van der Waals surface area contributed by atoms with Gasteiger partial charge in [-0.3, -0.25) is 4.98 Å². The molecule has 7 nitrogen and oxygen atoms in total. The monoisotopic (exact) mass is 478 g/mol. The molecule has 1 fully saturated rings. The van der Waals surface area contributed by atoms with Gasteiger partial charge in [0.2, 0.25) is 0 Å². The molecule has 1 aliphatic heterocycles. The van der Waals surface area contributed by atoms with Gasteiger partial charge in [-0.05, 0) is 33.6 Å². The van der Waals surface area contributed by atoms with Crippen LogP contribution in [0.2, 0.25) is 0 Å². The molecule has 4 heterocycles. The van der Waals surface area contributed by atoms with Crippen LogP contribution in [0.15, 0.2) is 59.6 Å². The summed E-state index contributed by atoms with van der Waals surface area (Å²) in [6, 6.07) is 12.0. The predicted molar refractivity (Wildman–Crippen MR) is 125 cm³/mol. The van der Waals surface area contributed by atoms with E-state index in [1.165, 1.54) is 0 Å². The molecule has 3 aromatic heterocycles. The number of halogens is 1. The van der Waals surface area contributed by atoms with Crippen molar-refractivity contribution in [3.8, 4) is 17.1 Å². The highest BCUT2D eigenvalue weighted by Crippen LogP contribution is 2.35. The number of piperidine rings is 1. The highest BCUT2D eigenvalue weighted by atomic mass is 79.9. The molecule has 0 unspecified atom stereocenters. The van der Waals surface area contributed by atoms with E-state index < -0.39 is 0 Å². The van der Waals surface area contributed by atoms with Crippen LogP contribution in [0.3, 0.4) is 0 Å². The first-order chi connectivity index (χ1) is 15.2. The SMILES string of the molecule is NCc1ccc(-c2nc3c(N4CCC(Oc5cccnc5)CC4)c(Br)ncc3[nH]2)cc1. The molecule has 0 bridgehead atoms. The lowest BCUT2D eigenvalue weighted by Gasteiger charge is -2.34. The summed E-state index contributed by atoms with van der Waals surface area (Å²) in [6.45, 7) is 2.28. The molecule has 1 aromatic carbocycles. The number of aromatic nitrogens is 4. The average molecular weight is 479 g/mol. The minimum Gasteiger partial charge on any atom is -0.489 e. The Morgan fingerprint density at radius 3 is 2.65 bits per heavy atom. The average Bonchev–Trinajstić information content (AvgIpc) is 3.25. The van der Waals surface area contributed by atoms with E-state index in [1.54, 1.807) is 12.4 Å². The molecule has 0 radical (unpaired) electrons. The molecule has 0 spiro atoms. The van der Waals surface area contributed by atoms with E-state index in [2.05, 4.69) is 35.8 Å². The van der Waals surface area contributed by atoms with Crippen LogP contribution in [0.1, 0.15) is 18.4 Å². The zero-order valence-electron chi connectivity index (χ0n) is 17.0. The number of aromatic amines is 1. The number of nitrogens with one attached hydrogen (secondary N) is 1. The smallest absolute Gasteiger partial charge is 0.138 e. The normalized spacial score (nSPS) is 14.8. The number of ether oxygens (including phenoxy) is 1. The number of nitrogens with two attached hydrogens (primary N) is 1. The Morgan fingerprint density at radius 2 is 1.94 bits per heavy atom. The van der Waals surface area contributed by atoms with Crippen LogP contribution < -0.4 is 15.4 Å². The summed E-state index contributed by atoms with van der Waals surface area (Å²) in [5.74, 6) is 1.65. The second-order valence-corrected chi connectivity index (χ2v) is 8.39. The van der Waals surface area contributed by atoms with E-state index in [-0.39, 0.29) is 6.10 Å². The second kappa shape index (κ2) is 8.64. The fourth-order valence-electron chi connectivity index (χ4n) is 3.96. The van der Waals surface area contributed by atoms with Gasteiger partial charge in [0.05, 0.1) is 23.6 Å². The third-order valence-corrected chi connectivity index (χ3v) is 6.20. The Labute approximate surface area is 188 Å².